The predicted octanol–water partition coefficient (Wildman–Crippen LogP) is 1.48. The van der Waals surface area contributed by atoms with Crippen LogP contribution in [0.25, 0.3) is 0 Å². The van der Waals surface area contributed by atoms with E-state index in [2.05, 4.69) is 0 Å². The van der Waals surface area contributed by atoms with Gasteiger partial charge in [0, 0.05) is 23.9 Å². The van der Waals surface area contributed by atoms with Crippen LogP contribution in [0, 0.1) is 12.1 Å². The molecule has 1 aliphatic heterocycles. The van der Waals surface area contributed by atoms with Crippen molar-refractivity contribution in [3.8, 4) is 5.75 Å². The van der Waals surface area contributed by atoms with E-state index in [0.29, 0.717) is 17.8 Å². The van der Waals surface area contributed by atoms with Crippen molar-refractivity contribution in [3.05, 3.63) is 110 Å². The third-order valence-corrected chi connectivity index (χ3v) is 5.65. The second-order valence-corrected chi connectivity index (χ2v) is 7.67. The van der Waals surface area contributed by atoms with Crippen LogP contribution in [0.2, 0.25) is 0 Å². The molecule has 0 aliphatic carbocycles. The zero-order valence-electron chi connectivity index (χ0n) is 18.1. The fourth-order valence-electron chi connectivity index (χ4n) is 4.01. The van der Waals surface area contributed by atoms with Crippen LogP contribution < -0.4 is 21.3 Å². The highest BCUT2D eigenvalue weighted by atomic mass is 16.8. The Kier molecular flexibility index (Phi) is 6.01. The molecule has 1 aliphatic rings. The molecule has 0 fully saturated rings. The number of carbonyl (C=O) groups excluding carboxylic acids is 1. The van der Waals surface area contributed by atoms with Crippen LogP contribution in [0.5, 0.6) is 5.75 Å². The Morgan fingerprint density at radius 2 is 1.88 bits per heavy atom. The molecule has 4 rings (SSSR count). The number of nitrogens with one attached hydrogen (secondary N) is 1. The third kappa shape index (κ3) is 4.12. The summed E-state index contributed by atoms with van der Waals surface area (Å²) in [5.74, 6) is -1.54. The molecule has 0 saturated carbocycles. The lowest BCUT2D eigenvalue weighted by Crippen LogP contribution is -2.99. The quantitative estimate of drug-likeness (QED) is 0.397. The van der Waals surface area contributed by atoms with Crippen LogP contribution in [-0.4, -0.2) is 22.9 Å². The first-order valence-electron chi connectivity index (χ1n) is 10.2. The molecule has 9 nitrogen and oxygen atoms in total. The minimum Gasteiger partial charge on any atom is -0.595 e. The predicted molar refractivity (Wildman–Crippen MR) is 119 cm³/mol. The molecular formula is C24H23N3O6. The standard InChI is InChI=1S/C24H23N3O6/c1-14-12-18-20(23(28)26(14)13-15-6-4-3-5-7-15)19(21(22(25)33-18)24(29)32-2)16-8-10-17(11-9-16)27(30)31/h3-12,19,27,30H,13,25H2,1-2H3. The molecule has 33 heavy (non-hydrogen) atoms. The second-order valence-electron chi connectivity index (χ2n) is 7.67. The van der Waals surface area contributed by atoms with Gasteiger partial charge in [-0.25, -0.2) is 10.0 Å². The van der Waals surface area contributed by atoms with Crippen LogP contribution in [0.15, 0.2) is 76.9 Å². The maximum Gasteiger partial charge on any atom is 0.340 e. The Morgan fingerprint density at radius 3 is 2.48 bits per heavy atom. The molecule has 0 saturated heterocycles. The van der Waals surface area contributed by atoms with Gasteiger partial charge in [0.05, 0.1) is 25.1 Å². The van der Waals surface area contributed by atoms with E-state index >= 15 is 0 Å². The van der Waals surface area contributed by atoms with Gasteiger partial charge in [-0.05, 0) is 18.1 Å². The van der Waals surface area contributed by atoms with Gasteiger partial charge in [0.1, 0.15) is 11.3 Å². The molecule has 2 heterocycles. The molecule has 1 aromatic heterocycles. The van der Waals surface area contributed by atoms with Gasteiger partial charge in [-0.2, -0.15) is 5.23 Å². The summed E-state index contributed by atoms with van der Waals surface area (Å²) in [5, 5.41) is 19.4. The summed E-state index contributed by atoms with van der Waals surface area (Å²) < 4.78 is 12.2. The summed E-state index contributed by atoms with van der Waals surface area (Å²) in [6, 6.07) is 17.2. The largest absolute Gasteiger partial charge is 0.595 e. The summed E-state index contributed by atoms with van der Waals surface area (Å²) in [7, 11) is 1.21. The second kappa shape index (κ2) is 8.91. The van der Waals surface area contributed by atoms with Crippen molar-refractivity contribution in [1.82, 2.24) is 4.57 Å². The number of nitrogens with zero attached hydrogens (tertiary/aromatic N) is 1. The number of aryl methyl sites for hydroxylation is 1. The fourth-order valence-corrected chi connectivity index (χ4v) is 4.01. The molecular weight excluding hydrogens is 426 g/mol. The van der Waals surface area contributed by atoms with Gasteiger partial charge in [0.15, 0.2) is 5.69 Å². The van der Waals surface area contributed by atoms with E-state index in [1.165, 1.54) is 19.2 Å². The zero-order chi connectivity index (χ0) is 23.7. The van der Waals surface area contributed by atoms with E-state index in [1.807, 2.05) is 30.3 Å². The van der Waals surface area contributed by atoms with E-state index in [4.69, 9.17) is 15.2 Å². The number of esters is 1. The SMILES string of the molecule is COC(=O)C1=C(N)Oc2cc(C)n(Cc3ccccc3)c(=O)c2C1c1ccc([NH+]([O-])O)cc1. The average molecular weight is 449 g/mol. The zero-order valence-corrected chi connectivity index (χ0v) is 18.1. The summed E-state index contributed by atoms with van der Waals surface area (Å²) >= 11 is 0. The monoisotopic (exact) mass is 449 g/mol. The van der Waals surface area contributed by atoms with Crippen LogP contribution in [0.4, 0.5) is 5.69 Å². The molecule has 4 N–H and O–H groups in total. The van der Waals surface area contributed by atoms with Gasteiger partial charge in [-0.1, -0.05) is 42.5 Å². The van der Waals surface area contributed by atoms with Gasteiger partial charge >= 0.3 is 5.97 Å². The van der Waals surface area contributed by atoms with E-state index in [-0.39, 0.29) is 34.0 Å². The molecule has 2 atom stereocenters. The molecule has 3 aromatic rings. The molecule has 2 unspecified atom stereocenters. The molecule has 170 valence electrons. The van der Waals surface area contributed by atoms with Crippen LogP contribution in [0.3, 0.4) is 0 Å². The maximum absolute atomic E-state index is 13.7. The van der Waals surface area contributed by atoms with Crippen molar-refractivity contribution in [2.24, 2.45) is 5.73 Å². The summed E-state index contributed by atoms with van der Waals surface area (Å²) in [6.07, 6.45) is 0. The Morgan fingerprint density at radius 1 is 1.21 bits per heavy atom. The van der Waals surface area contributed by atoms with Crippen molar-refractivity contribution in [2.75, 3.05) is 7.11 Å². The van der Waals surface area contributed by atoms with E-state index in [9.17, 15) is 20.0 Å². The van der Waals surface area contributed by atoms with E-state index in [1.54, 1.807) is 29.7 Å². The Bertz CT molecular complexity index is 1280. The molecule has 2 aromatic carbocycles. The normalized spacial score (nSPS) is 16.1. The van der Waals surface area contributed by atoms with Crippen molar-refractivity contribution in [1.29, 1.82) is 0 Å². The fraction of sp³-hybridized carbons (Fsp3) is 0.167. The van der Waals surface area contributed by atoms with Crippen molar-refractivity contribution in [3.63, 3.8) is 0 Å². The van der Waals surface area contributed by atoms with Crippen molar-refractivity contribution < 1.29 is 24.7 Å². The maximum atomic E-state index is 13.7. The number of nitrogens with two attached hydrogens (primary N) is 1. The number of pyridine rings is 1. The smallest absolute Gasteiger partial charge is 0.340 e. The molecule has 0 radical (unpaired) electrons. The lowest BCUT2D eigenvalue weighted by Gasteiger charge is -2.29. The highest BCUT2D eigenvalue weighted by molar-refractivity contribution is 5.92. The van der Waals surface area contributed by atoms with Crippen molar-refractivity contribution >= 4 is 11.7 Å². The van der Waals surface area contributed by atoms with Crippen LogP contribution >= 0.6 is 0 Å². The minimum absolute atomic E-state index is 0.0136. The Labute approximate surface area is 189 Å². The lowest BCUT2D eigenvalue weighted by atomic mass is 9.83. The highest BCUT2D eigenvalue weighted by Crippen LogP contribution is 2.41. The Balaban J connectivity index is 1.92. The first kappa shape index (κ1) is 22.3. The number of rotatable bonds is 5. The molecule has 0 bridgehead atoms. The third-order valence-electron chi connectivity index (χ3n) is 5.65. The number of benzene rings is 2. The van der Waals surface area contributed by atoms with E-state index in [0.717, 1.165) is 5.56 Å². The number of hydrogen-bond donors (Lipinski definition) is 3. The average Bonchev–Trinajstić information content (AvgIpc) is 2.81. The first-order valence-corrected chi connectivity index (χ1v) is 10.2. The number of ether oxygens (including phenoxy) is 2. The summed E-state index contributed by atoms with van der Waals surface area (Å²) in [4.78, 5) is 26.4. The summed E-state index contributed by atoms with van der Waals surface area (Å²) in [5.41, 5.74) is 8.16. The van der Waals surface area contributed by atoms with Gasteiger partial charge in [-0.15, -0.1) is 0 Å². The number of methoxy groups -OCH3 is 1. The highest BCUT2D eigenvalue weighted by Gasteiger charge is 2.38. The Hall–Kier alpha value is -3.92. The van der Waals surface area contributed by atoms with Gasteiger partial charge in [0.25, 0.3) is 5.56 Å². The van der Waals surface area contributed by atoms with Crippen LogP contribution in [0.1, 0.15) is 28.3 Å². The number of fused-ring (bicyclic) bond motifs is 1. The van der Waals surface area contributed by atoms with E-state index < -0.39 is 17.1 Å². The molecule has 0 amide bonds. The molecule has 9 heteroatoms. The van der Waals surface area contributed by atoms with Gasteiger partial charge < -0.3 is 25.0 Å². The summed E-state index contributed by atoms with van der Waals surface area (Å²) in [6.45, 7) is 2.12. The van der Waals surface area contributed by atoms with Crippen LogP contribution in [-0.2, 0) is 16.1 Å². The number of carbonyl (C=O) groups is 1. The molecule has 0 spiro atoms. The first-order chi connectivity index (χ1) is 15.8. The number of hydrogen-bond acceptors (Lipinski definition) is 7. The minimum atomic E-state index is -1.09. The van der Waals surface area contributed by atoms with Crippen molar-refractivity contribution in [2.45, 2.75) is 19.4 Å². The van der Waals surface area contributed by atoms with Gasteiger partial charge in [-0.3, -0.25) is 4.79 Å². The number of quaternary nitrogens is 1. The number of aromatic nitrogens is 1. The topological polar surface area (TPSA) is 131 Å². The van der Waals surface area contributed by atoms with Gasteiger partial charge in [0.2, 0.25) is 5.88 Å². The lowest BCUT2D eigenvalue weighted by molar-refractivity contribution is -0.991.